The van der Waals surface area contributed by atoms with Crippen LogP contribution in [0.15, 0.2) is 42.5 Å². The minimum absolute atomic E-state index is 0.0726. The molecule has 7 heteroatoms. The molecule has 26 heavy (non-hydrogen) atoms. The Balaban J connectivity index is 1.74. The second kappa shape index (κ2) is 9.41. The van der Waals surface area contributed by atoms with E-state index in [4.69, 9.17) is 14.6 Å². The summed E-state index contributed by atoms with van der Waals surface area (Å²) in [4.78, 5) is 22.5. The zero-order valence-electron chi connectivity index (χ0n) is 14.3. The van der Waals surface area contributed by atoms with Crippen LogP contribution in [0.1, 0.15) is 18.4 Å². The zero-order chi connectivity index (χ0) is 18.9. The van der Waals surface area contributed by atoms with Gasteiger partial charge in [0.05, 0.1) is 20.1 Å². The number of carbonyl (C=O) groups excluding carboxylic acids is 1. The maximum Gasteiger partial charge on any atom is 0.307 e. The van der Waals surface area contributed by atoms with Gasteiger partial charge in [-0.15, -0.1) is 0 Å². The lowest BCUT2D eigenvalue weighted by molar-refractivity contribution is -0.136. The fraction of sp³-hybridized carbons (Fsp3) is 0.263. The largest absolute Gasteiger partial charge is 0.497 e. The molecule has 0 saturated carbocycles. The van der Waals surface area contributed by atoms with Gasteiger partial charge in [0, 0.05) is 12.1 Å². The van der Waals surface area contributed by atoms with Gasteiger partial charge in [-0.05, 0) is 48.4 Å². The highest BCUT2D eigenvalue weighted by Crippen LogP contribution is 2.18. The van der Waals surface area contributed by atoms with Crippen molar-refractivity contribution in [3.05, 3.63) is 53.8 Å². The van der Waals surface area contributed by atoms with E-state index < -0.39 is 18.2 Å². The van der Waals surface area contributed by atoms with Gasteiger partial charge in [0.15, 0.2) is 0 Å². The third kappa shape index (κ3) is 6.08. The van der Waals surface area contributed by atoms with E-state index in [-0.39, 0.29) is 23.6 Å². The molecule has 1 amide bonds. The van der Waals surface area contributed by atoms with Gasteiger partial charge in [0.25, 0.3) is 0 Å². The standard InChI is InChI=1S/C19H20FNO5/c1-25-15-6-8-16(9-7-15)26-10-2-3-18(22)21-14-5-4-13(11-19(23)24)17(20)12-14/h4-9,12H,2-3,10-11H2,1H3,(H,21,22)(H,23,24). The van der Waals surface area contributed by atoms with Gasteiger partial charge in [-0.3, -0.25) is 9.59 Å². The number of carbonyl (C=O) groups is 2. The van der Waals surface area contributed by atoms with Crippen LogP contribution in [0.3, 0.4) is 0 Å². The smallest absolute Gasteiger partial charge is 0.307 e. The number of ether oxygens (including phenoxy) is 2. The lowest BCUT2D eigenvalue weighted by Gasteiger charge is -2.09. The minimum atomic E-state index is -1.11. The number of halogens is 1. The molecule has 2 aromatic carbocycles. The summed E-state index contributed by atoms with van der Waals surface area (Å²) in [5, 5.41) is 11.3. The summed E-state index contributed by atoms with van der Waals surface area (Å²) in [6.45, 7) is 0.367. The Labute approximate surface area is 150 Å². The molecule has 0 aliphatic rings. The average molecular weight is 361 g/mol. The molecule has 0 bridgehead atoms. The molecule has 6 nitrogen and oxygen atoms in total. The van der Waals surface area contributed by atoms with E-state index >= 15 is 0 Å². The van der Waals surface area contributed by atoms with Crippen molar-refractivity contribution in [3.8, 4) is 11.5 Å². The molecule has 2 aromatic rings. The minimum Gasteiger partial charge on any atom is -0.497 e. The van der Waals surface area contributed by atoms with Crippen molar-refractivity contribution < 1.29 is 28.6 Å². The molecule has 0 atom stereocenters. The highest BCUT2D eigenvalue weighted by atomic mass is 19.1. The molecule has 2 rings (SSSR count). The predicted molar refractivity (Wildman–Crippen MR) is 94.1 cm³/mol. The number of hydrogen-bond acceptors (Lipinski definition) is 4. The van der Waals surface area contributed by atoms with Gasteiger partial charge in [0.2, 0.25) is 5.91 Å². The van der Waals surface area contributed by atoms with E-state index in [1.54, 1.807) is 31.4 Å². The molecule has 0 spiro atoms. The molecule has 0 heterocycles. The molecular weight excluding hydrogens is 341 g/mol. The van der Waals surface area contributed by atoms with Crippen molar-refractivity contribution in [1.82, 2.24) is 0 Å². The lowest BCUT2D eigenvalue weighted by Crippen LogP contribution is -2.13. The maximum atomic E-state index is 13.8. The van der Waals surface area contributed by atoms with E-state index in [1.807, 2.05) is 0 Å². The first kappa shape index (κ1) is 19.2. The predicted octanol–water partition coefficient (Wildman–Crippen LogP) is 3.26. The van der Waals surface area contributed by atoms with Gasteiger partial charge in [-0.1, -0.05) is 6.07 Å². The van der Waals surface area contributed by atoms with Crippen LogP contribution in [0.4, 0.5) is 10.1 Å². The monoisotopic (exact) mass is 361 g/mol. The number of hydrogen-bond donors (Lipinski definition) is 2. The lowest BCUT2D eigenvalue weighted by atomic mass is 10.1. The average Bonchev–Trinajstić information content (AvgIpc) is 2.61. The SMILES string of the molecule is COc1ccc(OCCCC(=O)Nc2ccc(CC(=O)O)c(F)c2)cc1. The van der Waals surface area contributed by atoms with Crippen LogP contribution in [0.5, 0.6) is 11.5 Å². The van der Waals surface area contributed by atoms with Gasteiger partial charge in [-0.25, -0.2) is 4.39 Å². The van der Waals surface area contributed by atoms with Crippen LogP contribution in [0.25, 0.3) is 0 Å². The summed E-state index contributed by atoms with van der Waals surface area (Å²) in [7, 11) is 1.58. The van der Waals surface area contributed by atoms with Gasteiger partial charge in [-0.2, -0.15) is 0 Å². The second-order valence-electron chi connectivity index (χ2n) is 5.55. The molecule has 0 radical (unpaired) electrons. The summed E-state index contributed by atoms with van der Waals surface area (Å²) in [6, 6.07) is 11.1. The molecular formula is C19H20FNO5. The van der Waals surface area contributed by atoms with E-state index in [0.29, 0.717) is 18.8 Å². The number of rotatable bonds is 9. The van der Waals surface area contributed by atoms with Crippen LogP contribution < -0.4 is 14.8 Å². The Morgan fingerprint density at radius 3 is 2.42 bits per heavy atom. The summed E-state index contributed by atoms with van der Waals surface area (Å²) in [6.07, 6.45) is 0.314. The molecule has 0 aromatic heterocycles. The van der Waals surface area contributed by atoms with Crippen LogP contribution >= 0.6 is 0 Å². The van der Waals surface area contributed by atoms with Crippen LogP contribution in [0, 0.1) is 5.82 Å². The summed E-state index contributed by atoms with van der Waals surface area (Å²) >= 11 is 0. The Kier molecular flexibility index (Phi) is 6.96. The molecule has 138 valence electrons. The van der Waals surface area contributed by atoms with Crippen LogP contribution in [-0.4, -0.2) is 30.7 Å². The Morgan fingerprint density at radius 1 is 1.12 bits per heavy atom. The second-order valence-corrected chi connectivity index (χ2v) is 5.55. The number of methoxy groups -OCH3 is 1. The fourth-order valence-electron chi connectivity index (χ4n) is 2.25. The summed E-state index contributed by atoms with van der Waals surface area (Å²) in [5.41, 5.74) is 0.362. The topological polar surface area (TPSA) is 84.9 Å². The van der Waals surface area contributed by atoms with Gasteiger partial charge < -0.3 is 19.9 Å². The molecule has 0 unspecified atom stereocenters. The van der Waals surface area contributed by atoms with Crippen molar-refractivity contribution in [2.75, 3.05) is 19.0 Å². The number of aliphatic carboxylic acids is 1. The Hall–Kier alpha value is -3.09. The quantitative estimate of drug-likeness (QED) is 0.670. The molecule has 0 saturated heterocycles. The highest BCUT2D eigenvalue weighted by Gasteiger charge is 2.09. The molecule has 2 N–H and O–H groups in total. The first-order valence-electron chi connectivity index (χ1n) is 8.05. The van der Waals surface area contributed by atoms with E-state index in [9.17, 15) is 14.0 Å². The number of carboxylic acid groups (broad SMARTS) is 1. The first-order valence-corrected chi connectivity index (χ1v) is 8.05. The summed E-state index contributed by atoms with van der Waals surface area (Å²) in [5.74, 6) is -0.625. The van der Waals surface area contributed by atoms with Gasteiger partial charge in [0.1, 0.15) is 17.3 Å². The van der Waals surface area contributed by atoms with Crippen LogP contribution in [-0.2, 0) is 16.0 Å². The first-order chi connectivity index (χ1) is 12.5. The van der Waals surface area contributed by atoms with Crippen molar-refractivity contribution in [2.45, 2.75) is 19.3 Å². The summed E-state index contributed by atoms with van der Waals surface area (Å²) < 4.78 is 24.3. The number of carboxylic acids is 1. The fourth-order valence-corrected chi connectivity index (χ4v) is 2.25. The van der Waals surface area contributed by atoms with E-state index in [2.05, 4.69) is 5.32 Å². The number of benzene rings is 2. The van der Waals surface area contributed by atoms with Gasteiger partial charge >= 0.3 is 5.97 Å². The van der Waals surface area contributed by atoms with E-state index in [0.717, 1.165) is 11.8 Å². The normalized spacial score (nSPS) is 10.2. The zero-order valence-corrected chi connectivity index (χ0v) is 14.3. The third-order valence-electron chi connectivity index (χ3n) is 3.55. The van der Waals surface area contributed by atoms with Crippen molar-refractivity contribution in [1.29, 1.82) is 0 Å². The van der Waals surface area contributed by atoms with Crippen molar-refractivity contribution in [3.63, 3.8) is 0 Å². The Morgan fingerprint density at radius 2 is 1.81 bits per heavy atom. The van der Waals surface area contributed by atoms with Crippen LogP contribution in [0.2, 0.25) is 0 Å². The maximum absolute atomic E-state index is 13.8. The molecule has 0 fully saturated rings. The van der Waals surface area contributed by atoms with E-state index in [1.165, 1.54) is 12.1 Å². The Bertz CT molecular complexity index is 761. The van der Waals surface area contributed by atoms with Crippen molar-refractivity contribution >= 4 is 17.6 Å². The number of amides is 1. The highest BCUT2D eigenvalue weighted by molar-refractivity contribution is 5.90. The molecule has 0 aliphatic carbocycles. The third-order valence-corrected chi connectivity index (χ3v) is 3.55. The van der Waals surface area contributed by atoms with Crippen molar-refractivity contribution in [2.24, 2.45) is 0 Å². The molecule has 0 aliphatic heterocycles. The number of anilines is 1. The number of nitrogens with one attached hydrogen (secondary N) is 1.